The molecule has 2 aliphatic heterocycles. The zero-order valence-electron chi connectivity index (χ0n) is 16.4. The van der Waals surface area contributed by atoms with E-state index in [4.69, 9.17) is 10.00 Å². The van der Waals surface area contributed by atoms with Crippen LogP contribution in [0.3, 0.4) is 0 Å². The number of rotatable bonds is 3. The number of para-hydroxylation sites is 2. The number of benzene rings is 2. The molecule has 2 aromatic carbocycles. The molecule has 2 aromatic rings. The minimum Gasteiger partial charge on any atom is -0.378 e. The molecule has 2 aliphatic rings. The average molecular weight is 391 g/mol. The van der Waals surface area contributed by atoms with E-state index in [1.165, 1.54) is 11.4 Å². The summed E-state index contributed by atoms with van der Waals surface area (Å²) in [6.07, 6.45) is 0. The van der Waals surface area contributed by atoms with Crippen LogP contribution in [0.25, 0.3) is 0 Å². The lowest BCUT2D eigenvalue weighted by Gasteiger charge is -2.39. The van der Waals surface area contributed by atoms with E-state index in [0.717, 1.165) is 39.4 Å². The van der Waals surface area contributed by atoms with Crippen molar-refractivity contribution in [2.45, 2.75) is 0 Å². The summed E-state index contributed by atoms with van der Waals surface area (Å²) in [6.45, 7) is 6.26. The molecule has 7 nitrogen and oxygen atoms in total. The highest BCUT2D eigenvalue weighted by Crippen LogP contribution is 2.30. The number of morpholine rings is 1. The van der Waals surface area contributed by atoms with Gasteiger partial charge in [0, 0.05) is 45.0 Å². The molecule has 7 heteroatoms. The average Bonchev–Trinajstić information content (AvgIpc) is 2.80. The maximum atomic E-state index is 12.6. The van der Waals surface area contributed by atoms with E-state index in [0.29, 0.717) is 24.3 Å². The molecule has 0 aromatic heterocycles. The van der Waals surface area contributed by atoms with E-state index in [-0.39, 0.29) is 6.03 Å². The summed E-state index contributed by atoms with van der Waals surface area (Å²) in [5.74, 6) is 0. The van der Waals surface area contributed by atoms with Crippen LogP contribution >= 0.6 is 0 Å². The molecule has 1 N–H and O–H groups in total. The molecule has 0 atom stereocenters. The van der Waals surface area contributed by atoms with Crippen LogP contribution in [0.4, 0.5) is 21.9 Å². The third-order valence-electron chi connectivity index (χ3n) is 5.41. The van der Waals surface area contributed by atoms with Crippen LogP contribution in [-0.2, 0) is 4.74 Å². The van der Waals surface area contributed by atoms with Gasteiger partial charge < -0.3 is 24.8 Å². The van der Waals surface area contributed by atoms with E-state index >= 15 is 0 Å². The molecule has 0 radical (unpaired) electrons. The molecule has 2 saturated heterocycles. The Morgan fingerprint density at radius 2 is 1.45 bits per heavy atom. The molecule has 2 heterocycles. The Hall–Kier alpha value is -3.24. The fraction of sp³-hybridized carbons (Fsp3) is 0.364. The minimum absolute atomic E-state index is 0.101. The van der Waals surface area contributed by atoms with E-state index in [1.807, 2.05) is 4.90 Å². The quantitative estimate of drug-likeness (QED) is 0.871. The van der Waals surface area contributed by atoms with Gasteiger partial charge in [-0.2, -0.15) is 5.26 Å². The fourth-order valence-electron chi connectivity index (χ4n) is 3.78. The van der Waals surface area contributed by atoms with E-state index in [2.05, 4.69) is 45.5 Å². The summed E-state index contributed by atoms with van der Waals surface area (Å²) in [6, 6.07) is 17.4. The van der Waals surface area contributed by atoms with Gasteiger partial charge in [0.2, 0.25) is 0 Å². The number of nitrogens with zero attached hydrogens (tertiary/aromatic N) is 4. The monoisotopic (exact) mass is 391 g/mol. The third kappa shape index (κ3) is 4.44. The molecule has 0 saturated carbocycles. The highest BCUT2D eigenvalue weighted by molar-refractivity contribution is 5.89. The predicted molar refractivity (Wildman–Crippen MR) is 113 cm³/mol. The zero-order valence-corrected chi connectivity index (χ0v) is 16.4. The largest absolute Gasteiger partial charge is 0.378 e. The molecule has 0 unspecified atom stereocenters. The molecule has 0 spiro atoms. The van der Waals surface area contributed by atoms with Gasteiger partial charge in [0.15, 0.2) is 0 Å². The Balaban J connectivity index is 1.37. The number of nitriles is 1. The Bertz CT molecular complexity index is 879. The molecule has 2 fully saturated rings. The number of urea groups is 1. The van der Waals surface area contributed by atoms with Gasteiger partial charge in [-0.1, -0.05) is 12.1 Å². The highest BCUT2D eigenvalue weighted by Gasteiger charge is 2.24. The van der Waals surface area contributed by atoms with Crippen molar-refractivity contribution in [3.8, 4) is 6.07 Å². The van der Waals surface area contributed by atoms with E-state index in [1.54, 1.807) is 24.3 Å². The molecule has 150 valence electrons. The number of hydrogen-bond acceptors (Lipinski definition) is 5. The highest BCUT2D eigenvalue weighted by atomic mass is 16.5. The van der Waals surface area contributed by atoms with Gasteiger partial charge in [-0.05, 0) is 36.4 Å². The number of hydrogen-bond donors (Lipinski definition) is 1. The number of ether oxygens (including phenoxy) is 1. The van der Waals surface area contributed by atoms with Crippen molar-refractivity contribution in [2.75, 3.05) is 67.6 Å². The summed E-state index contributed by atoms with van der Waals surface area (Å²) in [5.41, 5.74) is 3.75. The zero-order chi connectivity index (χ0) is 20.1. The Labute approximate surface area is 171 Å². The van der Waals surface area contributed by atoms with Gasteiger partial charge in [0.05, 0.1) is 36.2 Å². The van der Waals surface area contributed by atoms with Crippen molar-refractivity contribution in [2.24, 2.45) is 0 Å². The molecule has 29 heavy (non-hydrogen) atoms. The summed E-state index contributed by atoms with van der Waals surface area (Å²) in [5, 5.41) is 11.8. The van der Waals surface area contributed by atoms with Crippen molar-refractivity contribution in [3.63, 3.8) is 0 Å². The van der Waals surface area contributed by atoms with Crippen molar-refractivity contribution in [1.82, 2.24) is 4.90 Å². The number of piperazine rings is 1. The number of carbonyl (C=O) groups excluding carboxylic acids is 1. The minimum atomic E-state index is -0.101. The van der Waals surface area contributed by atoms with Crippen LogP contribution in [0.2, 0.25) is 0 Å². The first kappa shape index (κ1) is 19.1. The standard InChI is InChI=1S/C22H25N5O2/c23-17-18-5-7-19(8-6-18)24-22(28)27-11-9-25(10-12-27)20-3-1-2-4-21(20)26-13-15-29-16-14-26/h1-8H,9-16H2,(H,24,28). The molecule has 4 rings (SSSR count). The van der Waals surface area contributed by atoms with Crippen LogP contribution in [0.15, 0.2) is 48.5 Å². The summed E-state index contributed by atoms with van der Waals surface area (Å²) in [7, 11) is 0. The van der Waals surface area contributed by atoms with Gasteiger partial charge in [0.25, 0.3) is 0 Å². The van der Waals surface area contributed by atoms with E-state index in [9.17, 15) is 4.79 Å². The van der Waals surface area contributed by atoms with E-state index < -0.39 is 0 Å². The normalized spacial score (nSPS) is 17.0. The molecule has 0 bridgehead atoms. The van der Waals surface area contributed by atoms with Crippen LogP contribution < -0.4 is 15.1 Å². The maximum Gasteiger partial charge on any atom is 0.321 e. The van der Waals surface area contributed by atoms with Crippen LogP contribution in [-0.4, -0.2) is 63.4 Å². The number of carbonyl (C=O) groups is 1. The van der Waals surface area contributed by atoms with Crippen LogP contribution in [0, 0.1) is 11.3 Å². The van der Waals surface area contributed by atoms with Crippen molar-refractivity contribution < 1.29 is 9.53 Å². The number of anilines is 3. The van der Waals surface area contributed by atoms with Crippen molar-refractivity contribution in [1.29, 1.82) is 5.26 Å². The van der Waals surface area contributed by atoms with Gasteiger partial charge in [-0.25, -0.2) is 4.79 Å². The maximum absolute atomic E-state index is 12.6. The van der Waals surface area contributed by atoms with Gasteiger partial charge >= 0.3 is 6.03 Å². The number of nitrogens with one attached hydrogen (secondary N) is 1. The predicted octanol–water partition coefficient (Wildman–Crippen LogP) is 2.75. The van der Waals surface area contributed by atoms with Crippen LogP contribution in [0.1, 0.15) is 5.56 Å². The van der Waals surface area contributed by atoms with Gasteiger partial charge in [-0.15, -0.1) is 0 Å². The second-order valence-corrected chi connectivity index (χ2v) is 7.18. The molecular formula is C22H25N5O2. The smallest absolute Gasteiger partial charge is 0.321 e. The first-order valence-electron chi connectivity index (χ1n) is 9.97. The second kappa shape index (κ2) is 8.84. The van der Waals surface area contributed by atoms with Crippen molar-refractivity contribution >= 4 is 23.1 Å². The lowest BCUT2D eigenvalue weighted by atomic mass is 10.2. The summed E-state index contributed by atoms with van der Waals surface area (Å²) >= 11 is 0. The fourth-order valence-corrected chi connectivity index (χ4v) is 3.78. The molecule has 2 amide bonds. The van der Waals surface area contributed by atoms with Gasteiger partial charge in [0.1, 0.15) is 0 Å². The number of amides is 2. The Morgan fingerprint density at radius 3 is 2.03 bits per heavy atom. The molecular weight excluding hydrogens is 366 g/mol. The van der Waals surface area contributed by atoms with Crippen molar-refractivity contribution in [3.05, 3.63) is 54.1 Å². The topological polar surface area (TPSA) is 71.8 Å². The van der Waals surface area contributed by atoms with Crippen LogP contribution in [0.5, 0.6) is 0 Å². The lowest BCUT2D eigenvalue weighted by molar-refractivity contribution is 0.122. The first-order valence-corrected chi connectivity index (χ1v) is 9.97. The lowest BCUT2D eigenvalue weighted by Crippen LogP contribution is -2.50. The molecule has 0 aliphatic carbocycles. The Kier molecular flexibility index (Phi) is 5.82. The first-order chi connectivity index (χ1) is 14.2. The van der Waals surface area contributed by atoms with Gasteiger partial charge in [-0.3, -0.25) is 0 Å². The summed E-state index contributed by atoms with van der Waals surface area (Å²) in [4.78, 5) is 19.2. The second-order valence-electron chi connectivity index (χ2n) is 7.18. The Morgan fingerprint density at radius 1 is 0.862 bits per heavy atom. The third-order valence-corrected chi connectivity index (χ3v) is 5.41. The summed E-state index contributed by atoms with van der Waals surface area (Å²) < 4.78 is 5.49. The SMILES string of the molecule is N#Cc1ccc(NC(=O)N2CCN(c3ccccc3N3CCOCC3)CC2)cc1.